The fraction of sp³-hybridized carbons (Fsp3) is 1.00. The summed E-state index contributed by atoms with van der Waals surface area (Å²) in [4.78, 5) is 0. The van der Waals surface area contributed by atoms with Gasteiger partial charge >= 0.3 is 0 Å². The minimum Gasteiger partial charge on any atom is -0.393 e. The van der Waals surface area contributed by atoms with Gasteiger partial charge in [0, 0.05) is 0 Å². The zero-order chi connectivity index (χ0) is 6.48. The van der Waals surface area contributed by atoms with Gasteiger partial charge in [-0.15, -0.1) is 0 Å². The minimum atomic E-state index is -0.0932. The third kappa shape index (κ3) is 0.578. The van der Waals surface area contributed by atoms with Gasteiger partial charge in [0.15, 0.2) is 0 Å². The van der Waals surface area contributed by atoms with Crippen molar-refractivity contribution in [1.29, 1.82) is 0 Å². The molecule has 2 bridgehead atoms. The highest BCUT2D eigenvalue weighted by Crippen LogP contribution is 2.51. The SMILES string of the molecule is CC1OC2(CO)CC1C2. The summed E-state index contributed by atoms with van der Waals surface area (Å²) in [5, 5.41) is 8.86. The summed E-state index contributed by atoms with van der Waals surface area (Å²) in [5.41, 5.74) is -0.0932. The first kappa shape index (κ1) is 5.69. The van der Waals surface area contributed by atoms with Crippen LogP contribution < -0.4 is 0 Å². The van der Waals surface area contributed by atoms with E-state index in [9.17, 15) is 0 Å². The summed E-state index contributed by atoms with van der Waals surface area (Å²) < 4.78 is 5.52. The maximum Gasteiger partial charge on any atom is 0.0923 e. The Bertz CT molecular complexity index is 127. The van der Waals surface area contributed by atoms with Crippen LogP contribution in [-0.4, -0.2) is 23.4 Å². The van der Waals surface area contributed by atoms with E-state index in [1.54, 1.807) is 0 Å². The number of aliphatic hydroxyl groups excluding tert-OH is 1. The van der Waals surface area contributed by atoms with E-state index in [1.807, 2.05) is 0 Å². The molecule has 2 heteroatoms. The Labute approximate surface area is 54.8 Å². The molecule has 1 saturated carbocycles. The Balaban J connectivity index is 2.09. The van der Waals surface area contributed by atoms with Crippen LogP contribution in [0.2, 0.25) is 0 Å². The Kier molecular flexibility index (Phi) is 0.945. The Morgan fingerprint density at radius 1 is 1.67 bits per heavy atom. The Morgan fingerprint density at radius 2 is 2.33 bits per heavy atom. The average Bonchev–Trinajstić information content (AvgIpc) is 2.18. The quantitative estimate of drug-likeness (QED) is 0.558. The zero-order valence-corrected chi connectivity index (χ0v) is 5.63. The molecule has 3 fully saturated rings. The van der Waals surface area contributed by atoms with Crippen LogP contribution in [0.25, 0.3) is 0 Å². The third-order valence-corrected chi connectivity index (χ3v) is 2.66. The molecule has 3 rings (SSSR count). The minimum absolute atomic E-state index is 0.0932. The van der Waals surface area contributed by atoms with Crippen molar-refractivity contribution in [3.8, 4) is 0 Å². The van der Waals surface area contributed by atoms with Gasteiger partial charge in [-0.3, -0.25) is 0 Å². The molecule has 1 N–H and O–H groups in total. The van der Waals surface area contributed by atoms with Crippen molar-refractivity contribution in [3.05, 3.63) is 0 Å². The number of ether oxygens (including phenoxy) is 1. The van der Waals surface area contributed by atoms with E-state index in [4.69, 9.17) is 9.84 Å². The van der Waals surface area contributed by atoms with Crippen LogP contribution in [-0.2, 0) is 4.74 Å². The molecule has 0 radical (unpaired) electrons. The van der Waals surface area contributed by atoms with Crippen LogP contribution in [0.1, 0.15) is 19.8 Å². The Morgan fingerprint density at radius 3 is 2.56 bits per heavy atom. The number of aliphatic hydroxyl groups is 1. The molecule has 9 heavy (non-hydrogen) atoms. The topological polar surface area (TPSA) is 29.5 Å². The van der Waals surface area contributed by atoms with Crippen LogP contribution in [0.15, 0.2) is 0 Å². The van der Waals surface area contributed by atoms with E-state index in [-0.39, 0.29) is 12.2 Å². The van der Waals surface area contributed by atoms with Gasteiger partial charge in [0.2, 0.25) is 0 Å². The van der Waals surface area contributed by atoms with Gasteiger partial charge in [-0.05, 0) is 25.7 Å². The maximum absolute atomic E-state index is 8.86. The van der Waals surface area contributed by atoms with Crippen LogP contribution in [0.3, 0.4) is 0 Å². The molecule has 0 aromatic heterocycles. The molecule has 1 atom stereocenters. The maximum atomic E-state index is 8.86. The average molecular weight is 128 g/mol. The molecule has 52 valence electrons. The molecule has 1 aliphatic carbocycles. The molecule has 0 aromatic carbocycles. The van der Waals surface area contributed by atoms with Gasteiger partial charge in [0.25, 0.3) is 0 Å². The van der Waals surface area contributed by atoms with Gasteiger partial charge in [-0.2, -0.15) is 0 Å². The number of hydrogen-bond donors (Lipinski definition) is 1. The molecule has 0 spiro atoms. The highest BCUT2D eigenvalue weighted by atomic mass is 16.5. The molecular weight excluding hydrogens is 116 g/mol. The zero-order valence-electron chi connectivity index (χ0n) is 5.63. The normalized spacial score (nSPS) is 55.3. The highest BCUT2D eigenvalue weighted by Gasteiger charge is 2.55. The first-order valence-electron chi connectivity index (χ1n) is 3.54. The van der Waals surface area contributed by atoms with E-state index in [2.05, 4.69) is 6.92 Å². The van der Waals surface area contributed by atoms with Crippen molar-refractivity contribution in [2.45, 2.75) is 31.5 Å². The van der Waals surface area contributed by atoms with E-state index < -0.39 is 0 Å². The number of rotatable bonds is 1. The molecule has 0 amide bonds. The lowest BCUT2D eigenvalue weighted by Crippen LogP contribution is -2.39. The van der Waals surface area contributed by atoms with Gasteiger partial charge in [0.05, 0.1) is 18.3 Å². The second-order valence-corrected chi connectivity index (χ2v) is 3.33. The fourth-order valence-corrected chi connectivity index (χ4v) is 1.98. The fourth-order valence-electron chi connectivity index (χ4n) is 1.98. The predicted octanol–water partition coefficient (Wildman–Crippen LogP) is 0.546. The molecule has 2 heterocycles. The molecule has 2 nitrogen and oxygen atoms in total. The summed E-state index contributed by atoms with van der Waals surface area (Å²) in [6, 6.07) is 0. The van der Waals surface area contributed by atoms with Gasteiger partial charge in [-0.25, -0.2) is 0 Å². The predicted molar refractivity (Wildman–Crippen MR) is 33.1 cm³/mol. The largest absolute Gasteiger partial charge is 0.393 e. The standard InChI is InChI=1S/C7H12O2/c1-5-6-2-7(3-6,4-8)9-5/h5-6,8H,2-4H2,1H3. The van der Waals surface area contributed by atoms with E-state index in [1.165, 1.54) is 0 Å². The van der Waals surface area contributed by atoms with Crippen molar-refractivity contribution in [3.63, 3.8) is 0 Å². The van der Waals surface area contributed by atoms with E-state index in [0.717, 1.165) is 18.8 Å². The summed E-state index contributed by atoms with van der Waals surface area (Å²) in [7, 11) is 0. The first-order valence-corrected chi connectivity index (χ1v) is 3.54. The lowest BCUT2D eigenvalue weighted by Gasteiger charge is -2.33. The van der Waals surface area contributed by atoms with Crippen molar-refractivity contribution >= 4 is 0 Å². The van der Waals surface area contributed by atoms with Crippen LogP contribution in [0, 0.1) is 5.92 Å². The summed E-state index contributed by atoms with van der Waals surface area (Å²) in [6.07, 6.45) is 2.58. The molecule has 3 aliphatic rings. The number of fused-ring (bicyclic) bond motifs is 1. The van der Waals surface area contributed by atoms with Gasteiger partial charge in [-0.1, -0.05) is 0 Å². The number of hydrogen-bond acceptors (Lipinski definition) is 2. The second kappa shape index (κ2) is 1.50. The molecule has 2 saturated heterocycles. The van der Waals surface area contributed by atoms with Crippen LogP contribution in [0.4, 0.5) is 0 Å². The highest BCUT2D eigenvalue weighted by molar-refractivity contribution is 5.04. The second-order valence-electron chi connectivity index (χ2n) is 3.33. The Hall–Kier alpha value is -0.0800. The lowest BCUT2D eigenvalue weighted by molar-refractivity contribution is -0.0585. The molecule has 2 aliphatic heterocycles. The van der Waals surface area contributed by atoms with Crippen molar-refractivity contribution in [2.24, 2.45) is 5.92 Å². The molecule has 0 aromatic rings. The first-order chi connectivity index (χ1) is 4.26. The van der Waals surface area contributed by atoms with E-state index in [0.29, 0.717) is 6.10 Å². The van der Waals surface area contributed by atoms with Gasteiger partial charge < -0.3 is 9.84 Å². The third-order valence-electron chi connectivity index (χ3n) is 2.66. The van der Waals surface area contributed by atoms with Crippen molar-refractivity contribution in [1.82, 2.24) is 0 Å². The summed E-state index contributed by atoms with van der Waals surface area (Å²) in [5.74, 6) is 0.747. The molecule has 1 unspecified atom stereocenters. The van der Waals surface area contributed by atoms with E-state index >= 15 is 0 Å². The van der Waals surface area contributed by atoms with Crippen molar-refractivity contribution < 1.29 is 9.84 Å². The lowest BCUT2D eigenvalue weighted by atomic mass is 9.73. The summed E-state index contributed by atoms with van der Waals surface area (Å²) in [6.45, 7) is 2.31. The smallest absolute Gasteiger partial charge is 0.0923 e. The van der Waals surface area contributed by atoms with Crippen LogP contribution >= 0.6 is 0 Å². The van der Waals surface area contributed by atoms with Gasteiger partial charge in [0.1, 0.15) is 0 Å². The van der Waals surface area contributed by atoms with Crippen molar-refractivity contribution in [2.75, 3.05) is 6.61 Å². The summed E-state index contributed by atoms with van der Waals surface area (Å²) >= 11 is 0. The monoisotopic (exact) mass is 128 g/mol. The van der Waals surface area contributed by atoms with Crippen LogP contribution in [0.5, 0.6) is 0 Å². The molecular formula is C7H12O2.